The molecule has 1 N–H and O–H groups in total. The van der Waals surface area contributed by atoms with Crippen LogP contribution in [0.3, 0.4) is 0 Å². The van der Waals surface area contributed by atoms with Gasteiger partial charge < -0.3 is 14.7 Å². The maximum atomic E-state index is 13.4. The van der Waals surface area contributed by atoms with Crippen LogP contribution in [-0.2, 0) is 4.74 Å². The number of rotatable bonds is 3. The predicted molar refractivity (Wildman–Crippen MR) is 73.4 cm³/mol. The van der Waals surface area contributed by atoms with Crippen molar-refractivity contribution < 1.29 is 19.0 Å². The molecule has 0 aliphatic carbocycles. The molecule has 0 saturated carbocycles. The Morgan fingerprint density at radius 1 is 1.50 bits per heavy atom. The Labute approximate surface area is 122 Å². The third kappa shape index (κ3) is 3.48. The van der Waals surface area contributed by atoms with Gasteiger partial charge in [0.15, 0.2) is 0 Å². The molecule has 1 aliphatic heterocycles. The molecule has 1 aromatic carbocycles. The highest BCUT2D eigenvalue weighted by molar-refractivity contribution is 6.30. The lowest BCUT2D eigenvalue weighted by Crippen LogP contribution is -2.47. The van der Waals surface area contributed by atoms with Gasteiger partial charge in [-0.1, -0.05) is 11.6 Å². The molecule has 1 heterocycles. The number of amides is 1. The second kappa shape index (κ2) is 6.08. The summed E-state index contributed by atoms with van der Waals surface area (Å²) < 4.78 is 18.6. The van der Waals surface area contributed by atoms with Crippen LogP contribution in [0.25, 0.3) is 0 Å². The van der Waals surface area contributed by atoms with Gasteiger partial charge in [0.1, 0.15) is 5.82 Å². The lowest BCUT2D eigenvalue weighted by atomic mass is 9.93. The number of ether oxygens (including phenoxy) is 1. The van der Waals surface area contributed by atoms with E-state index < -0.39 is 11.4 Å². The van der Waals surface area contributed by atoms with Gasteiger partial charge in [-0.25, -0.2) is 4.39 Å². The van der Waals surface area contributed by atoms with E-state index in [2.05, 4.69) is 0 Å². The van der Waals surface area contributed by atoms with E-state index in [4.69, 9.17) is 16.3 Å². The quantitative estimate of drug-likeness (QED) is 0.930. The topological polar surface area (TPSA) is 49.8 Å². The Hall–Kier alpha value is -1.17. The van der Waals surface area contributed by atoms with Gasteiger partial charge in [0.25, 0.3) is 5.91 Å². The first-order valence-electron chi connectivity index (χ1n) is 6.42. The maximum Gasteiger partial charge on any atom is 0.253 e. The number of nitrogens with zero attached hydrogens (tertiary/aromatic N) is 1. The van der Waals surface area contributed by atoms with Crippen LogP contribution in [0.15, 0.2) is 18.2 Å². The molecule has 1 aromatic rings. The van der Waals surface area contributed by atoms with Crippen LogP contribution in [0, 0.1) is 5.82 Å². The second-order valence-corrected chi connectivity index (χ2v) is 5.53. The zero-order valence-electron chi connectivity index (χ0n) is 11.2. The van der Waals surface area contributed by atoms with Gasteiger partial charge in [-0.3, -0.25) is 4.79 Å². The van der Waals surface area contributed by atoms with Gasteiger partial charge in [0.2, 0.25) is 0 Å². The standard InChI is InChI=1S/C14H17ClFNO3/c1-17(9-14(19)4-6-20-7-5-14)13(18)10-2-3-11(15)12(16)8-10/h2-3,8,19H,4-7,9H2,1H3. The summed E-state index contributed by atoms with van der Waals surface area (Å²) in [6.45, 7) is 1.15. The highest BCUT2D eigenvalue weighted by atomic mass is 35.5. The molecule has 1 aliphatic rings. The highest BCUT2D eigenvalue weighted by Gasteiger charge is 2.32. The minimum Gasteiger partial charge on any atom is -0.388 e. The zero-order valence-corrected chi connectivity index (χ0v) is 12.0. The normalized spacial score (nSPS) is 17.8. The fourth-order valence-corrected chi connectivity index (χ4v) is 2.39. The Balaban J connectivity index is 2.06. The molecule has 0 atom stereocenters. The van der Waals surface area contributed by atoms with Crippen molar-refractivity contribution in [3.05, 3.63) is 34.6 Å². The van der Waals surface area contributed by atoms with Crippen LogP contribution in [0.5, 0.6) is 0 Å². The van der Waals surface area contributed by atoms with Crippen LogP contribution in [0.1, 0.15) is 23.2 Å². The van der Waals surface area contributed by atoms with Gasteiger partial charge >= 0.3 is 0 Å². The first kappa shape index (κ1) is 15.2. The predicted octanol–water partition coefficient (Wildman–Crippen LogP) is 2.09. The monoisotopic (exact) mass is 301 g/mol. The number of halogens is 2. The van der Waals surface area contributed by atoms with Gasteiger partial charge in [0.05, 0.1) is 10.6 Å². The van der Waals surface area contributed by atoms with E-state index in [1.807, 2.05) is 0 Å². The second-order valence-electron chi connectivity index (χ2n) is 5.13. The third-order valence-corrected chi connectivity index (χ3v) is 3.77. The van der Waals surface area contributed by atoms with Crippen molar-refractivity contribution in [2.45, 2.75) is 18.4 Å². The van der Waals surface area contributed by atoms with Crippen molar-refractivity contribution in [3.63, 3.8) is 0 Å². The third-order valence-electron chi connectivity index (χ3n) is 3.47. The SMILES string of the molecule is CN(CC1(O)CCOCC1)C(=O)c1ccc(Cl)c(F)c1. The molecule has 110 valence electrons. The molecule has 4 nitrogen and oxygen atoms in total. The number of likely N-dealkylation sites (N-methyl/N-ethyl adjacent to an activating group) is 1. The van der Waals surface area contributed by atoms with E-state index in [-0.39, 0.29) is 23.0 Å². The Morgan fingerprint density at radius 2 is 2.15 bits per heavy atom. The summed E-state index contributed by atoms with van der Waals surface area (Å²) in [5, 5.41) is 10.3. The summed E-state index contributed by atoms with van der Waals surface area (Å²) in [7, 11) is 1.59. The van der Waals surface area contributed by atoms with Crippen molar-refractivity contribution in [1.82, 2.24) is 4.90 Å². The van der Waals surface area contributed by atoms with Gasteiger partial charge in [-0.2, -0.15) is 0 Å². The number of hydrogen-bond donors (Lipinski definition) is 1. The average molecular weight is 302 g/mol. The summed E-state index contributed by atoms with van der Waals surface area (Å²) in [5.74, 6) is -0.976. The summed E-state index contributed by atoms with van der Waals surface area (Å²) >= 11 is 5.59. The molecule has 1 fully saturated rings. The van der Waals surface area contributed by atoms with Crippen molar-refractivity contribution >= 4 is 17.5 Å². The molecule has 2 rings (SSSR count). The van der Waals surface area contributed by atoms with E-state index >= 15 is 0 Å². The number of aliphatic hydroxyl groups is 1. The Kier molecular flexibility index (Phi) is 4.62. The molecule has 1 amide bonds. The van der Waals surface area contributed by atoms with E-state index in [1.165, 1.54) is 17.0 Å². The first-order valence-corrected chi connectivity index (χ1v) is 6.80. The zero-order chi connectivity index (χ0) is 14.8. The number of carbonyl (C=O) groups is 1. The van der Waals surface area contributed by atoms with Crippen molar-refractivity contribution in [2.75, 3.05) is 26.8 Å². The molecule has 0 radical (unpaired) electrons. The molecule has 0 spiro atoms. The van der Waals surface area contributed by atoms with E-state index in [0.29, 0.717) is 26.1 Å². The van der Waals surface area contributed by atoms with E-state index in [9.17, 15) is 14.3 Å². The van der Waals surface area contributed by atoms with Crippen LogP contribution < -0.4 is 0 Å². The lowest BCUT2D eigenvalue weighted by molar-refractivity contribution is -0.0734. The highest BCUT2D eigenvalue weighted by Crippen LogP contribution is 2.22. The van der Waals surface area contributed by atoms with Gasteiger partial charge in [-0.15, -0.1) is 0 Å². The molecule has 0 unspecified atom stereocenters. The summed E-state index contributed by atoms with van der Waals surface area (Å²) in [6.07, 6.45) is 0.971. The summed E-state index contributed by atoms with van der Waals surface area (Å²) in [5.41, 5.74) is -0.724. The smallest absolute Gasteiger partial charge is 0.253 e. The molecule has 0 aromatic heterocycles. The lowest BCUT2D eigenvalue weighted by Gasteiger charge is -2.35. The fourth-order valence-electron chi connectivity index (χ4n) is 2.27. The van der Waals surface area contributed by atoms with E-state index in [0.717, 1.165) is 6.07 Å². The molecular weight excluding hydrogens is 285 g/mol. The molecule has 1 saturated heterocycles. The van der Waals surface area contributed by atoms with Crippen molar-refractivity contribution in [2.24, 2.45) is 0 Å². The number of carbonyl (C=O) groups excluding carboxylic acids is 1. The van der Waals surface area contributed by atoms with Crippen molar-refractivity contribution in [1.29, 1.82) is 0 Å². The van der Waals surface area contributed by atoms with Crippen LogP contribution in [-0.4, -0.2) is 48.3 Å². The molecule has 20 heavy (non-hydrogen) atoms. The molecule has 6 heteroatoms. The molecule has 0 bridgehead atoms. The van der Waals surface area contributed by atoms with Gasteiger partial charge in [0, 0.05) is 45.2 Å². The van der Waals surface area contributed by atoms with Crippen LogP contribution >= 0.6 is 11.6 Å². The van der Waals surface area contributed by atoms with E-state index in [1.54, 1.807) is 7.05 Å². The van der Waals surface area contributed by atoms with Crippen LogP contribution in [0.4, 0.5) is 4.39 Å². The van der Waals surface area contributed by atoms with Gasteiger partial charge in [-0.05, 0) is 18.2 Å². The fraction of sp³-hybridized carbons (Fsp3) is 0.500. The first-order chi connectivity index (χ1) is 9.41. The minimum absolute atomic E-state index is 0.0211. The Morgan fingerprint density at radius 3 is 2.75 bits per heavy atom. The summed E-state index contributed by atoms with van der Waals surface area (Å²) in [6, 6.07) is 3.93. The summed E-state index contributed by atoms with van der Waals surface area (Å²) in [4.78, 5) is 13.6. The number of hydrogen-bond acceptors (Lipinski definition) is 3. The minimum atomic E-state index is -0.937. The maximum absolute atomic E-state index is 13.4. The molecular formula is C14H17ClFNO3. The number of benzene rings is 1. The van der Waals surface area contributed by atoms with Crippen molar-refractivity contribution in [3.8, 4) is 0 Å². The average Bonchev–Trinajstić information content (AvgIpc) is 2.41. The van der Waals surface area contributed by atoms with Crippen LogP contribution in [0.2, 0.25) is 5.02 Å². The Bertz CT molecular complexity index is 503. The largest absolute Gasteiger partial charge is 0.388 e.